The molecule has 5 nitrogen and oxygen atoms in total. The van der Waals surface area contributed by atoms with Crippen molar-refractivity contribution in [2.45, 2.75) is 12.5 Å². The van der Waals surface area contributed by atoms with E-state index in [2.05, 4.69) is 5.32 Å². The van der Waals surface area contributed by atoms with Crippen molar-refractivity contribution >= 4 is 34.8 Å². The lowest BCUT2D eigenvalue weighted by atomic mass is 10.2. The molecule has 1 aliphatic rings. The molecule has 6 heteroatoms. The lowest BCUT2D eigenvalue weighted by molar-refractivity contribution is -0.121. The number of para-hydroxylation sites is 1. The molecule has 0 bridgehead atoms. The van der Waals surface area contributed by atoms with Crippen molar-refractivity contribution in [3.63, 3.8) is 0 Å². The van der Waals surface area contributed by atoms with E-state index in [0.717, 1.165) is 10.6 Å². The molecule has 0 saturated carbocycles. The zero-order chi connectivity index (χ0) is 16.4. The van der Waals surface area contributed by atoms with Gasteiger partial charge in [-0.15, -0.1) is 0 Å². The smallest absolute Gasteiger partial charge is 0.256 e. The summed E-state index contributed by atoms with van der Waals surface area (Å²) in [6.45, 7) is 0. The van der Waals surface area contributed by atoms with Crippen LogP contribution in [0.4, 0.5) is 11.4 Å². The van der Waals surface area contributed by atoms with Crippen LogP contribution in [0.1, 0.15) is 6.42 Å². The van der Waals surface area contributed by atoms with Crippen molar-refractivity contribution < 1.29 is 14.3 Å². The van der Waals surface area contributed by atoms with Crippen LogP contribution < -0.4 is 15.0 Å². The molecule has 2 aromatic carbocycles. The third-order valence-corrected chi connectivity index (χ3v) is 3.97. The van der Waals surface area contributed by atoms with Gasteiger partial charge in [-0.1, -0.05) is 29.8 Å². The average molecular weight is 331 g/mol. The highest BCUT2D eigenvalue weighted by Crippen LogP contribution is 2.31. The van der Waals surface area contributed by atoms with E-state index >= 15 is 0 Å². The number of carbonyl (C=O) groups excluding carboxylic acids is 2. The first-order chi connectivity index (χ1) is 11.1. The molecule has 1 saturated heterocycles. The summed E-state index contributed by atoms with van der Waals surface area (Å²) < 4.78 is 5.15. The van der Waals surface area contributed by atoms with Crippen LogP contribution in [0, 0.1) is 0 Å². The van der Waals surface area contributed by atoms with Crippen LogP contribution in [-0.4, -0.2) is 25.0 Å². The summed E-state index contributed by atoms with van der Waals surface area (Å²) in [7, 11) is 1.57. The summed E-state index contributed by atoms with van der Waals surface area (Å²) >= 11 is 6.10. The maximum Gasteiger partial charge on any atom is 0.256 e. The van der Waals surface area contributed by atoms with Gasteiger partial charge in [-0.3, -0.25) is 9.59 Å². The number of benzene rings is 2. The second-order valence-corrected chi connectivity index (χ2v) is 5.56. The number of nitrogens with one attached hydrogen (secondary N) is 1. The van der Waals surface area contributed by atoms with Gasteiger partial charge >= 0.3 is 0 Å². The lowest BCUT2D eigenvalue weighted by Gasteiger charge is -2.17. The first kappa shape index (κ1) is 15.4. The standard InChI is InChI=1S/C17H15ClN2O3/c1-23-12-6-4-5-11(9-12)19-14-10-16(21)20(17(14)22)15-8-3-2-7-13(15)18/h2-9,14,19H,10H2,1H3. The predicted octanol–water partition coefficient (Wildman–Crippen LogP) is 3.09. The molecule has 1 fully saturated rings. The Bertz CT molecular complexity index is 763. The Kier molecular flexibility index (Phi) is 4.21. The molecule has 0 aliphatic carbocycles. The number of ether oxygens (including phenoxy) is 1. The Morgan fingerprint density at radius 1 is 1.17 bits per heavy atom. The van der Waals surface area contributed by atoms with Crippen molar-refractivity contribution in [2.24, 2.45) is 0 Å². The first-order valence-corrected chi connectivity index (χ1v) is 7.50. The monoisotopic (exact) mass is 330 g/mol. The van der Waals surface area contributed by atoms with Gasteiger partial charge in [0.25, 0.3) is 5.91 Å². The van der Waals surface area contributed by atoms with Gasteiger partial charge in [0.1, 0.15) is 11.8 Å². The molecule has 118 valence electrons. The highest BCUT2D eigenvalue weighted by molar-refractivity contribution is 6.36. The molecule has 0 spiro atoms. The minimum absolute atomic E-state index is 0.0846. The van der Waals surface area contributed by atoms with Crippen LogP contribution in [0.5, 0.6) is 5.75 Å². The number of imide groups is 1. The van der Waals surface area contributed by atoms with Gasteiger partial charge < -0.3 is 10.1 Å². The zero-order valence-electron chi connectivity index (χ0n) is 12.5. The molecule has 1 aliphatic heterocycles. The summed E-state index contributed by atoms with van der Waals surface area (Å²) in [5, 5.41) is 3.45. The van der Waals surface area contributed by atoms with Crippen LogP contribution in [-0.2, 0) is 9.59 Å². The van der Waals surface area contributed by atoms with Gasteiger partial charge in [0, 0.05) is 11.8 Å². The number of nitrogens with zero attached hydrogens (tertiary/aromatic N) is 1. The van der Waals surface area contributed by atoms with Crippen LogP contribution in [0.15, 0.2) is 48.5 Å². The summed E-state index contributed by atoms with van der Waals surface area (Å²) in [4.78, 5) is 26.0. The molecule has 1 unspecified atom stereocenters. The van der Waals surface area contributed by atoms with E-state index in [-0.39, 0.29) is 18.2 Å². The molecule has 1 N–H and O–H groups in total. The van der Waals surface area contributed by atoms with Crippen LogP contribution >= 0.6 is 11.6 Å². The molecule has 2 aromatic rings. The minimum Gasteiger partial charge on any atom is -0.497 e. The van der Waals surface area contributed by atoms with Crippen LogP contribution in [0.25, 0.3) is 0 Å². The van der Waals surface area contributed by atoms with Gasteiger partial charge in [0.15, 0.2) is 0 Å². The van der Waals surface area contributed by atoms with E-state index < -0.39 is 6.04 Å². The topological polar surface area (TPSA) is 58.6 Å². The van der Waals surface area contributed by atoms with E-state index in [0.29, 0.717) is 16.5 Å². The molecular weight excluding hydrogens is 316 g/mol. The fourth-order valence-electron chi connectivity index (χ4n) is 2.54. The summed E-state index contributed by atoms with van der Waals surface area (Å²) in [6.07, 6.45) is 0.0846. The third-order valence-electron chi connectivity index (χ3n) is 3.65. The summed E-state index contributed by atoms with van der Waals surface area (Å²) in [5.74, 6) is 0.0872. The molecule has 23 heavy (non-hydrogen) atoms. The highest BCUT2D eigenvalue weighted by Gasteiger charge is 2.40. The normalized spacial score (nSPS) is 17.5. The van der Waals surface area contributed by atoms with Crippen LogP contribution in [0.2, 0.25) is 5.02 Å². The van der Waals surface area contributed by atoms with Crippen molar-refractivity contribution in [3.8, 4) is 5.75 Å². The fourth-order valence-corrected chi connectivity index (χ4v) is 2.77. The Hall–Kier alpha value is -2.53. The van der Waals surface area contributed by atoms with Crippen molar-refractivity contribution in [1.29, 1.82) is 0 Å². The number of anilines is 2. The molecule has 0 aromatic heterocycles. The second-order valence-electron chi connectivity index (χ2n) is 5.15. The lowest BCUT2D eigenvalue weighted by Crippen LogP contribution is -2.35. The number of hydrogen-bond donors (Lipinski definition) is 1. The Balaban J connectivity index is 1.82. The number of methoxy groups -OCH3 is 1. The maximum absolute atomic E-state index is 12.6. The molecule has 1 heterocycles. The predicted molar refractivity (Wildman–Crippen MR) is 89.0 cm³/mol. The van der Waals surface area contributed by atoms with Gasteiger partial charge in [-0.2, -0.15) is 0 Å². The molecule has 2 amide bonds. The number of amides is 2. The van der Waals surface area contributed by atoms with E-state index in [4.69, 9.17) is 16.3 Å². The highest BCUT2D eigenvalue weighted by atomic mass is 35.5. The zero-order valence-corrected chi connectivity index (χ0v) is 13.2. The molecular formula is C17H15ClN2O3. The van der Waals surface area contributed by atoms with E-state index in [1.165, 1.54) is 0 Å². The number of halogens is 1. The van der Waals surface area contributed by atoms with Gasteiger partial charge in [0.2, 0.25) is 5.91 Å². The Morgan fingerprint density at radius 2 is 1.96 bits per heavy atom. The quantitative estimate of drug-likeness (QED) is 0.875. The van der Waals surface area contributed by atoms with E-state index in [9.17, 15) is 9.59 Å². The number of carbonyl (C=O) groups is 2. The van der Waals surface area contributed by atoms with Gasteiger partial charge in [0.05, 0.1) is 24.2 Å². The third kappa shape index (κ3) is 3.00. The van der Waals surface area contributed by atoms with Crippen molar-refractivity contribution in [2.75, 3.05) is 17.3 Å². The average Bonchev–Trinajstić information content (AvgIpc) is 2.82. The van der Waals surface area contributed by atoms with Gasteiger partial charge in [-0.05, 0) is 24.3 Å². The van der Waals surface area contributed by atoms with Gasteiger partial charge in [-0.25, -0.2) is 4.90 Å². The second kappa shape index (κ2) is 6.30. The largest absolute Gasteiger partial charge is 0.497 e. The van der Waals surface area contributed by atoms with E-state index in [1.54, 1.807) is 37.4 Å². The Labute approximate surface area is 138 Å². The van der Waals surface area contributed by atoms with Crippen molar-refractivity contribution in [1.82, 2.24) is 0 Å². The van der Waals surface area contributed by atoms with E-state index in [1.807, 2.05) is 18.2 Å². The van der Waals surface area contributed by atoms with Crippen LogP contribution in [0.3, 0.4) is 0 Å². The summed E-state index contributed by atoms with van der Waals surface area (Å²) in [5.41, 5.74) is 1.13. The Morgan fingerprint density at radius 3 is 2.70 bits per heavy atom. The molecule has 3 rings (SSSR count). The maximum atomic E-state index is 12.6. The fraction of sp³-hybridized carbons (Fsp3) is 0.176. The molecule has 0 radical (unpaired) electrons. The summed E-state index contributed by atoms with van der Waals surface area (Å²) in [6, 6.07) is 13.4. The molecule has 1 atom stereocenters. The SMILES string of the molecule is COc1cccc(NC2CC(=O)N(c3ccccc3Cl)C2=O)c1. The van der Waals surface area contributed by atoms with Crippen molar-refractivity contribution in [3.05, 3.63) is 53.6 Å². The number of hydrogen-bond acceptors (Lipinski definition) is 4. The minimum atomic E-state index is -0.620. The number of rotatable bonds is 4. The first-order valence-electron chi connectivity index (χ1n) is 7.12.